The Hall–Kier alpha value is -1.73. The predicted octanol–water partition coefficient (Wildman–Crippen LogP) is 2.56. The fourth-order valence-corrected chi connectivity index (χ4v) is 4.49. The minimum Gasteiger partial charge on any atom is -0.372 e. The van der Waals surface area contributed by atoms with Crippen molar-refractivity contribution in [3.63, 3.8) is 0 Å². The van der Waals surface area contributed by atoms with Crippen molar-refractivity contribution in [2.75, 3.05) is 6.61 Å². The van der Waals surface area contributed by atoms with Crippen molar-refractivity contribution >= 4 is 17.2 Å². The zero-order valence-corrected chi connectivity index (χ0v) is 14.6. The molecule has 4 rings (SSSR count). The van der Waals surface area contributed by atoms with Gasteiger partial charge in [-0.05, 0) is 36.3 Å². The molecule has 0 saturated heterocycles. The second-order valence-electron chi connectivity index (χ2n) is 6.35. The summed E-state index contributed by atoms with van der Waals surface area (Å²) in [6.45, 7) is 3.63. The van der Waals surface area contributed by atoms with E-state index in [1.54, 1.807) is 11.3 Å². The summed E-state index contributed by atoms with van der Waals surface area (Å²) in [5.41, 5.74) is 1.33. The minimum absolute atomic E-state index is 0.0285. The van der Waals surface area contributed by atoms with Gasteiger partial charge in [0.15, 0.2) is 5.82 Å². The number of thiophene rings is 1. The maximum absolute atomic E-state index is 12.6. The predicted molar refractivity (Wildman–Crippen MR) is 90.9 cm³/mol. The van der Waals surface area contributed by atoms with Crippen LogP contribution >= 0.6 is 11.3 Å². The molecule has 24 heavy (non-hydrogen) atoms. The van der Waals surface area contributed by atoms with Crippen molar-refractivity contribution in [3.05, 3.63) is 33.5 Å². The Morgan fingerprint density at radius 2 is 2.46 bits per heavy atom. The van der Waals surface area contributed by atoms with E-state index in [4.69, 9.17) is 4.74 Å². The van der Waals surface area contributed by atoms with Crippen molar-refractivity contribution in [2.24, 2.45) is 0 Å². The minimum atomic E-state index is -0.110. The molecule has 7 heteroatoms. The van der Waals surface area contributed by atoms with E-state index in [9.17, 15) is 4.79 Å². The van der Waals surface area contributed by atoms with Crippen molar-refractivity contribution in [1.82, 2.24) is 20.1 Å². The summed E-state index contributed by atoms with van der Waals surface area (Å²) in [5.74, 6) is 1.78. The molecule has 2 atom stereocenters. The first-order chi connectivity index (χ1) is 11.7. The van der Waals surface area contributed by atoms with Crippen LogP contribution in [0.3, 0.4) is 0 Å². The van der Waals surface area contributed by atoms with Gasteiger partial charge in [0, 0.05) is 17.8 Å². The third-order valence-corrected chi connectivity index (χ3v) is 5.76. The summed E-state index contributed by atoms with van der Waals surface area (Å²) in [4.78, 5) is 18.3. The summed E-state index contributed by atoms with van der Waals surface area (Å²) in [7, 11) is 0. The zero-order chi connectivity index (χ0) is 16.5. The van der Waals surface area contributed by atoms with E-state index in [2.05, 4.69) is 26.8 Å². The molecule has 2 aliphatic rings. The normalized spacial score (nSPS) is 22.7. The van der Waals surface area contributed by atoms with E-state index in [0.717, 1.165) is 43.9 Å². The van der Waals surface area contributed by atoms with Gasteiger partial charge < -0.3 is 10.1 Å². The molecule has 128 valence electrons. The molecule has 0 unspecified atom stereocenters. The molecule has 0 aromatic carbocycles. The van der Waals surface area contributed by atoms with Gasteiger partial charge >= 0.3 is 0 Å². The Morgan fingerprint density at radius 3 is 3.33 bits per heavy atom. The number of aromatic nitrogens is 3. The monoisotopic (exact) mass is 346 g/mol. The first-order valence-electron chi connectivity index (χ1n) is 8.65. The van der Waals surface area contributed by atoms with Crippen LogP contribution in [-0.2, 0) is 28.9 Å². The highest BCUT2D eigenvalue weighted by Crippen LogP contribution is 2.34. The van der Waals surface area contributed by atoms with Gasteiger partial charge in [-0.2, -0.15) is 5.10 Å². The molecule has 4 heterocycles. The lowest BCUT2D eigenvalue weighted by Crippen LogP contribution is -2.34. The molecule has 0 bridgehead atoms. The van der Waals surface area contributed by atoms with Gasteiger partial charge in [-0.1, -0.05) is 6.92 Å². The average molecular weight is 346 g/mol. The van der Waals surface area contributed by atoms with E-state index >= 15 is 0 Å². The highest BCUT2D eigenvalue weighted by atomic mass is 32.1. The van der Waals surface area contributed by atoms with Crippen LogP contribution in [0, 0.1) is 0 Å². The lowest BCUT2D eigenvalue weighted by Gasteiger charge is -2.26. The molecule has 0 spiro atoms. The van der Waals surface area contributed by atoms with Crippen LogP contribution in [0.25, 0.3) is 0 Å². The molecule has 0 fully saturated rings. The summed E-state index contributed by atoms with van der Waals surface area (Å²) in [6.07, 6.45) is 3.96. The fraction of sp³-hybridized carbons (Fsp3) is 0.588. The summed E-state index contributed by atoms with van der Waals surface area (Å²) in [6, 6.07) is 2.11. The van der Waals surface area contributed by atoms with Crippen LogP contribution in [0.4, 0.5) is 0 Å². The second-order valence-corrected chi connectivity index (χ2v) is 7.30. The largest absolute Gasteiger partial charge is 0.372 e. The number of rotatable bonds is 4. The summed E-state index contributed by atoms with van der Waals surface area (Å²) in [5, 5.41) is 9.73. The number of fused-ring (bicyclic) bond motifs is 2. The molecule has 1 N–H and O–H groups in total. The van der Waals surface area contributed by atoms with Gasteiger partial charge in [-0.3, -0.25) is 4.79 Å². The van der Waals surface area contributed by atoms with Crippen molar-refractivity contribution in [3.8, 4) is 0 Å². The third-order valence-electron chi connectivity index (χ3n) is 4.70. The Balaban J connectivity index is 1.44. The first-order valence-corrected chi connectivity index (χ1v) is 9.53. The number of ether oxygens (including phenoxy) is 1. The van der Waals surface area contributed by atoms with E-state index < -0.39 is 0 Å². The molecule has 1 amide bonds. The average Bonchev–Trinajstić information content (AvgIpc) is 3.22. The molecule has 0 saturated carbocycles. The molecule has 0 radical (unpaired) electrons. The lowest BCUT2D eigenvalue weighted by molar-refractivity contribution is -0.125. The Kier molecular flexibility index (Phi) is 4.37. The van der Waals surface area contributed by atoms with Gasteiger partial charge in [0.05, 0.1) is 19.1 Å². The van der Waals surface area contributed by atoms with Crippen molar-refractivity contribution in [2.45, 2.75) is 57.7 Å². The Morgan fingerprint density at radius 1 is 1.54 bits per heavy atom. The van der Waals surface area contributed by atoms with Crippen LogP contribution in [0.2, 0.25) is 0 Å². The van der Waals surface area contributed by atoms with Gasteiger partial charge in [-0.25, -0.2) is 9.67 Å². The number of aryl methyl sites for hydroxylation is 2. The molecular weight excluding hydrogens is 324 g/mol. The lowest BCUT2D eigenvalue weighted by atomic mass is 10.0. The van der Waals surface area contributed by atoms with Gasteiger partial charge in [0.1, 0.15) is 11.9 Å². The Labute approximate surface area is 145 Å². The highest BCUT2D eigenvalue weighted by molar-refractivity contribution is 7.10. The maximum atomic E-state index is 12.6. The smallest absolute Gasteiger partial charge is 0.223 e. The SMILES string of the molecule is CCc1nc2n(n1)CCC[C@@H]2NC(=O)C[C@H]1OCCc2ccsc21. The van der Waals surface area contributed by atoms with Gasteiger partial charge in [0.25, 0.3) is 0 Å². The van der Waals surface area contributed by atoms with Crippen LogP contribution in [0.1, 0.15) is 60.4 Å². The van der Waals surface area contributed by atoms with E-state index in [0.29, 0.717) is 13.0 Å². The Bertz CT molecular complexity index is 739. The highest BCUT2D eigenvalue weighted by Gasteiger charge is 2.28. The molecule has 2 aromatic heterocycles. The van der Waals surface area contributed by atoms with Crippen molar-refractivity contribution < 1.29 is 9.53 Å². The van der Waals surface area contributed by atoms with Crippen LogP contribution in [-0.4, -0.2) is 27.3 Å². The molecule has 2 aliphatic heterocycles. The number of carbonyl (C=O) groups excluding carboxylic acids is 1. The number of amides is 1. The van der Waals surface area contributed by atoms with Crippen LogP contribution < -0.4 is 5.32 Å². The number of hydrogen-bond acceptors (Lipinski definition) is 5. The fourth-order valence-electron chi connectivity index (χ4n) is 3.48. The van der Waals surface area contributed by atoms with Crippen LogP contribution in [0.5, 0.6) is 0 Å². The molecule has 2 aromatic rings. The summed E-state index contributed by atoms with van der Waals surface area (Å²) < 4.78 is 7.78. The zero-order valence-electron chi connectivity index (χ0n) is 13.8. The number of nitrogens with zero attached hydrogens (tertiary/aromatic N) is 3. The number of hydrogen-bond donors (Lipinski definition) is 1. The molecule has 6 nitrogen and oxygen atoms in total. The maximum Gasteiger partial charge on any atom is 0.223 e. The van der Waals surface area contributed by atoms with Crippen LogP contribution in [0.15, 0.2) is 11.4 Å². The van der Waals surface area contributed by atoms with Crippen molar-refractivity contribution in [1.29, 1.82) is 0 Å². The van der Waals surface area contributed by atoms with E-state index in [-0.39, 0.29) is 18.1 Å². The first kappa shape index (κ1) is 15.8. The summed E-state index contributed by atoms with van der Waals surface area (Å²) >= 11 is 1.68. The molecule has 0 aliphatic carbocycles. The number of nitrogens with one attached hydrogen (secondary N) is 1. The van der Waals surface area contributed by atoms with Gasteiger partial charge in [0.2, 0.25) is 5.91 Å². The quantitative estimate of drug-likeness (QED) is 0.924. The second kappa shape index (κ2) is 6.64. The topological polar surface area (TPSA) is 69.0 Å². The van der Waals surface area contributed by atoms with E-state index in [1.165, 1.54) is 10.4 Å². The van der Waals surface area contributed by atoms with E-state index in [1.807, 2.05) is 11.6 Å². The molecular formula is C17H22N4O2S. The van der Waals surface area contributed by atoms with Gasteiger partial charge in [-0.15, -0.1) is 11.3 Å². The third kappa shape index (κ3) is 2.98. The number of carbonyl (C=O) groups is 1. The standard InChI is InChI=1S/C17H22N4O2S/c1-2-14-19-17-12(4-3-7-21(17)20-14)18-15(22)10-13-16-11(5-8-23-13)6-9-24-16/h6,9,12-13H,2-5,7-8,10H2,1H3,(H,18,22)/t12-,13+/m0/s1.